The van der Waals surface area contributed by atoms with Gasteiger partial charge in [0.05, 0.1) is 11.9 Å². The van der Waals surface area contributed by atoms with E-state index in [1.54, 1.807) is 25.2 Å². The minimum absolute atomic E-state index is 0.0498. The lowest BCUT2D eigenvalue weighted by atomic mass is 10.2. The number of hydrogen-bond donors (Lipinski definition) is 0. The Morgan fingerprint density at radius 2 is 1.72 bits per heavy atom. The maximum Gasteiger partial charge on any atom is 0.232 e. The van der Waals surface area contributed by atoms with Crippen molar-refractivity contribution in [3.63, 3.8) is 0 Å². The van der Waals surface area contributed by atoms with Crippen LogP contribution in [-0.4, -0.2) is 34.2 Å². The van der Waals surface area contributed by atoms with E-state index in [1.807, 2.05) is 37.3 Å². The molecule has 2 aromatic rings. The highest BCUT2D eigenvalue weighted by molar-refractivity contribution is 7.92. The summed E-state index contributed by atoms with van der Waals surface area (Å²) in [5.74, 6) is -0.168. The molecular weight excluding hydrogens is 360 g/mol. The Bertz CT molecular complexity index is 854. The van der Waals surface area contributed by atoms with Crippen LogP contribution in [0, 0.1) is 6.92 Å². The van der Waals surface area contributed by atoms with Gasteiger partial charge in [-0.2, -0.15) is 0 Å². The number of sulfonamides is 1. The molecule has 134 valence electrons. The van der Waals surface area contributed by atoms with Crippen LogP contribution in [0.2, 0.25) is 5.02 Å². The number of halogens is 1. The first-order chi connectivity index (χ1) is 11.7. The number of benzene rings is 2. The average Bonchev–Trinajstić information content (AvgIpc) is 2.57. The van der Waals surface area contributed by atoms with E-state index in [4.69, 9.17) is 11.6 Å². The Kier molecular flexibility index (Phi) is 6.08. The molecule has 0 fully saturated rings. The molecule has 2 aromatic carbocycles. The molecule has 0 bridgehead atoms. The largest absolute Gasteiger partial charge is 0.315 e. The maximum absolute atomic E-state index is 12.4. The Morgan fingerprint density at radius 1 is 1.08 bits per heavy atom. The number of aryl methyl sites for hydroxylation is 1. The summed E-state index contributed by atoms with van der Waals surface area (Å²) in [7, 11) is -1.86. The Labute approximate surface area is 153 Å². The number of anilines is 2. The zero-order valence-corrected chi connectivity index (χ0v) is 16.0. The fourth-order valence-corrected chi connectivity index (χ4v) is 3.48. The van der Waals surface area contributed by atoms with Crippen LogP contribution < -0.4 is 9.21 Å². The summed E-state index contributed by atoms with van der Waals surface area (Å²) < 4.78 is 25.5. The Morgan fingerprint density at radius 3 is 2.28 bits per heavy atom. The van der Waals surface area contributed by atoms with E-state index in [9.17, 15) is 13.2 Å². The van der Waals surface area contributed by atoms with Gasteiger partial charge in [-0.05, 0) is 36.8 Å². The van der Waals surface area contributed by atoms with Gasteiger partial charge < -0.3 is 4.90 Å². The highest BCUT2D eigenvalue weighted by atomic mass is 35.5. The van der Waals surface area contributed by atoms with Crippen molar-refractivity contribution in [3.8, 4) is 0 Å². The molecule has 0 aliphatic carbocycles. The normalized spacial score (nSPS) is 11.2. The molecule has 0 spiro atoms. The van der Waals surface area contributed by atoms with Crippen LogP contribution in [-0.2, 0) is 14.8 Å². The van der Waals surface area contributed by atoms with Gasteiger partial charge in [-0.25, -0.2) is 8.42 Å². The van der Waals surface area contributed by atoms with Crippen molar-refractivity contribution in [3.05, 3.63) is 59.1 Å². The zero-order valence-electron chi connectivity index (χ0n) is 14.4. The third-order valence-corrected chi connectivity index (χ3v) is 5.49. The van der Waals surface area contributed by atoms with Crippen molar-refractivity contribution in [2.24, 2.45) is 0 Å². The molecule has 0 unspecified atom stereocenters. The van der Waals surface area contributed by atoms with Gasteiger partial charge >= 0.3 is 0 Å². The van der Waals surface area contributed by atoms with Crippen molar-refractivity contribution in [2.45, 2.75) is 13.3 Å². The Hall–Kier alpha value is -2.05. The topological polar surface area (TPSA) is 57.7 Å². The number of carbonyl (C=O) groups is 1. The van der Waals surface area contributed by atoms with Crippen molar-refractivity contribution in [1.29, 1.82) is 0 Å². The highest BCUT2D eigenvalue weighted by Crippen LogP contribution is 2.25. The van der Waals surface area contributed by atoms with Crippen molar-refractivity contribution < 1.29 is 13.2 Å². The number of hydrogen-bond acceptors (Lipinski definition) is 3. The summed E-state index contributed by atoms with van der Waals surface area (Å²) in [5, 5.41) is 0.485. The molecule has 0 heterocycles. The molecule has 0 aromatic heterocycles. The molecule has 0 aliphatic rings. The zero-order chi connectivity index (χ0) is 18.6. The third-order valence-electron chi connectivity index (χ3n) is 3.89. The van der Waals surface area contributed by atoms with Crippen molar-refractivity contribution >= 4 is 38.9 Å². The number of para-hydroxylation sites is 1. The number of rotatable bonds is 6. The molecule has 0 atom stereocenters. The van der Waals surface area contributed by atoms with E-state index in [-0.39, 0.29) is 18.9 Å². The lowest BCUT2D eigenvalue weighted by Gasteiger charge is -2.24. The van der Waals surface area contributed by atoms with Gasteiger partial charge in [-0.15, -0.1) is 0 Å². The van der Waals surface area contributed by atoms with Gasteiger partial charge in [-0.3, -0.25) is 9.10 Å². The average molecular weight is 381 g/mol. The second-order valence-corrected chi connectivity index (χ2v) is 8.12. The van der Waals surface area contributed by atoms with Crippen LogP contribution in [0.5, 0.6) is 0 Å². The van der Waals surface area contributed by atoms with Gasteiger partial charge in [-0.1, -0.05) is 35.9 Å². The molecule has 25 heavy (non-hydrogen) atoms. The van der Waals surface area contributed by atoms with Gasteiger partial charge in [0, 0.05) is 30.7 Å². The SMILES string of the molecule is Cc1ccc(N(CCC(=O)N(C)c2ccccc2)S(C)(=O)=O)cc1Cl. The van der Waals surface area contributed by atoms with Crippen LogP contribution in [0.3, 0.4) is 0 Å². The molecular formula is C18H21ClN2O3S. The van der Waals surface area contributed by atoms with Gasteiger partial charge in [0.1, 0.15) is 0 Å². The summed E-state index contributed by atoms with van der Waals surface area (Å²) in [5.41, 5.74) is 2.07. The maximum atomic E-state index is 12.4. The number of nitrogens with zero attached hydrogens (tertiary/aromatic N) is 2. The summed E-state index contributed by atoms with van der Waals surface area (Å²) >= 11 is 6.10. The summed E-state index contributed by atoms with van der Waals surface area (Å²) in [4.78, 5) is 13.9. The van der Waals surface area contributed by atoms with E-state index in [1.165, 1.54) is 9.21 Å². The minimum Gasteiger partial charge on any atom is -0.315 e. The van der Waals surface area contributed by atoms with Gasteiger partial charge in [0.25, 0.3) is 0 Å². The lowest BCUT2D eigenvalue weighted by molar-refractivity contribution is -0.118. The first-order valence-corrected chi connectivity index (χ1v) is 9.98. The molecule has 2 rings (SSSR count). The van der Waals surface area contributed by atoms with Crippen LogP contribution >= 0.6 is 11.6 Å². The second-order valence-electron chi connectivity index (χ2n) is 5.81. The molecule has 7 heteroatoms. The quantitative estimate of drug-likeness (QED) is 0.771. The van der Waals surface area contributed by atoms with Crippen molar-refractivity contribution in [2.75, 3.05) is 29.1 Å². The first-order valence-electron chi connectivity index (χ1n) is 7.75. The highest BCUT2D eigenvalue weighted by Gasteiger charge is 2.20. The van der Waals surface area contributed by atoms with Crippen LogP contribution in [0.1, 0.15) is 12.0 Å². The second kappa shape index (κ2) is 7.89. The van der Waals surface area contributed by atoms with Crippen LogP contribution in [0.4, 0.5) is 11.4 Å². The third kappa shape index (κ3) is 4.96. The van der Waals surface area contributed by atoms with Gasteiger partial charge in [0.2, 0.25) is 15.9 Å². The fourth-order valence-electron chi connectivity index (χ4n) is 2.38. The molecule has 5 nitrogen and oxygen atoms in total. The minimum atomic E-state index is -3.53. The van der Waals surface area contributed by atoms with E-state index in [2.05, 4.69) is 0 Å². The predicted octanol–water partition coefficient (Wildman–Crippen LogP) is 3.47. The number of amides is 1. The predicted molar refractivity (Wildman–Crippen MR) is 103 cm³/mol. The van der Waals surface area contributed by atoms with E-state index < -0.39 is 10.0 Å². The fraction of sp³-hybridized carbons (Fsp3) is 0.278. The van der Waals surface area contributed by atoms with E-state index in [0.717, 1.165) is 17.5 Å². The monoisotopic (exact) mass is 380 g/mol. The first kappa shape index (κ1) is 19.3. The standard InChI is InChI=1S/C18H21ClN2O3S/c1-14-9-10-16(13-17(14)19)21(25(3,23)24)12-11-18(22)20(2)15-7-5-4-6-8-15/h4-10,13H,11-12H2,1-3H3. The van der Waals surface area contributed by atoms with E-state index >= 15 is 0 Å². The molecule has 0 saturated heterocycles. The molecule has 0 N–H and O–H groups in total. The Balaban J connectivity index is 2.16. The summed E-state index contributed by atoms with van der Waals surface area (Å²) in [6.45, 7) is 1.89. The van der Waals surface area contributed by atoms with Crippen LogP contribution in [0.25, 0.3) is 0 Å². The molecule has 0 saturated carbocycles. The summed E-state index contributed by atoms with van der Waals surface area (Å²) in [6, 6.07) is 14.3. The lowest BCUT2D eigenvalue weighted by Crippen LogP contribution is -2.35. The van der Waals surface area contributed by atoms with Gasteiger partial charge in [0.15, 0.2) is 0 Å². The van der Waals surface area contributed by atoms with E-state index in [0.29, 0.717) is 10.7 Å². The molecule has 0 aliphatic heterocycles. The van der Waals surface area contributed by atoms with Crippen molar-refractivity contribution in [1.82, 2.24) is 0 Å². The summed E-state index contributed by atoms with van der Waals surface area (Å²) in [6.07, 6.45) is 1.18. The smallest absolute Gasteiger partial charge is 0.232 e. The molecule has 0 radical (unpaired) electrons. The van der Waals surface area contributed by atoms with Crippen LogP contribution in [0.15, 0.2) is 48.5 Å². The molecule has 1 amide bonds. The number of carbonyl (C=O) groups excluding carboxylic acids is 1.